The van der Waals surface area contributed by atoms with Gasteiger partial charge in [-0.2, -0.15) is 0 Å². The number of thioether (sulfide) groups is 1. The lowest BCUT2D eigenvalue weighted by Gasteiger charge is -2.19. The highest BCUT2D eigenvalue weighted by molar-refractivity contribution is 8.26. The van der Waals surface area contributed by atoms with Crippen molar-refractivity contribution in [3.63, 3.8) is 0 Å². The van der Waals surface area contributed by atoms with Crippen LogP contribution in [-0.4, -0.2) is 33.6 Å². The van der Waals surface area contributed by atoms with Crippen molar-refractivity contribution in [3.05, 3.63) is 70.9 Å². The zero-order chi connectivity index (χ0) is 15.5. The van der Waals surface area contributed by atoms with Gasteiger partial charge in [-0.1, -0.05) is 60.4 Å². The number of nitrogens with zero attached hydrogens (tertiary/aromatic N) is 2. The molecule has 0 atom stereocenters. The Hall–Kier alpha value is -1.85. The van der Waals surface area contributed by atoms with Crippen LogP contribution in [0.5, 0.6) is 0 Å². The van der Waals surface area contributed by atoms with Crippen molar-refractivity contribution in [3.8, 4) is 0 Å². The molecule has 1 fully saturated rings. The van der Waals surface area contributed by atoms with Gasteiger partial charge in [0.2, 0.25) is 0 Å². The summed E-state index contributed by atoms with van der Waals surface area (Å²) >= 11 is 6.78. The molecular formula is C17H16N2OS2. The first-order chi connectivity index (χ1) is 10.7. The minimum Gasteiger partial charge on any atom is -0.350 e. The minimum atomic E-state index is 0.00716. The van der Waals surface area contributed by atoms with Crippen LogP contribution in [-0.2, 0) is 11.2 Å². The fourth-order valence-electron chi connectivity index (χ4n) is 2.39. The molecule has 0 bridgehead atoms. The van der Waals surface area contributed by atoms with E-state index in [0.29, 0.717) is 15.8 Å². The van der Waals surface area contributed by atoms with Crippen molar-refractivity contribution in [1.82, 2.24) is 9.80 Å². The molecule has 3 nitrogen and oxygen atoms in total. The number of benzene rings is 1. The van der Waals surface area contributed by atoms with Gasteiger partial charge in [0.1, 0.15) is 9.23 Å². The molecule has 2 aliphatic rings. The Morgan fingerprint density at radius 2 is 1.95 bits per heavy atom. The lowest BCUT2D eigenvalue weighted by molar-refractivity contribution is -0.122. The van der Waals surface area contributed by atoms with E-state index < -0.39 is 0 Å². The summed E-state index contributed by atoms with van der Waals surface area (Å²) in [7, 11) is 1.94. The van der Waals surface area contributed by atoms with E-state index in [1.165, 1.54) is 17.3 Å². The van der Waals surface area contributed by atoms with Crippen molar-refractivity contribution in [2.45, 2.75) is 6.42 Å². The molecular weight excluding hydrogens is 312 g/mol. The number of rotatable bonds is 3. The quantitative estimate of drug-likeness (QED) is 0.627. The highest BCUT2D eigenvalue weighted by Crippen LogP contribution is 2.35. The number of allylic oxidation sites excluding steroid dienone is 3. The maximum atomic E-state index is 12.7. The summed E-state index contributed by atoms with van der Waals surface area (Å²) in [5.41, 5.74) is 2.11. The Morgan fingerprint density at radius 3 is 2.68 bits per heavy atom. The fraction of sp³-hybridized carbons (Fsp3) is 0.176. The summed E-state index contributed by atoms with van der Waals surface area (Å²) in [6.07, 6.45) is 8.57. The zero-order valence-electron chi connectivity index (χ0n) is 12.2. The third kappa shape index (κ3) is 3.00. The highest BCUT2D eigenvalue weighted by Gasteiger charge is 2.34. The van der Waals surface area contributed by atoms with Gasteiger partial charge < -0.3 is 4.90 Å². The van der Waals surface area contributed by atoms with Crippen LogP contribution in [0, 0.1) is 0 Å². The Balaban J connectivity index is 1.76. The van der Waals surface area contributed by atoms with Crippen molar-refractivity contribution in [2.24, 2.45) is 0 Å². The molecule has 0 radical (unpaired) electrons. The van der Waals surface area contributed by atoms with Gasteiger partial charge in [0.05, 0.1) is 5.70 Å². The molecule has 0 spiro atoms. The Morgan fingerprint density at radius 1 is 1.18 bits per heavy atom. The van der Waals surface area contributed by atoms with Crippen LogP contribution in [0.2, 0.25) is 0 Å². The number of carbonyl (C=O) groups is 1. The molecule has 1 aromatic carbocycles. The van der Waals surface area contributed by atoms with Crippen LogP contribution in [0.4, 0.5) is 0 Å². The second-order valence-electron chi connectivity index (χ2n) is 5.09. The van der Waals surface area contributed by atoms with Crippen LogP contribution < -0.4 is 0 Å². The molecule has 0 N–H and O–H groups in total. The van der Waals surface area contributed by atoms with E-state index in [2.05, 4.69) is 12.1 Å². The highest BCUT2D eigenvalue weighted by atomic mass is 32.2. The monoisotopic (exact) mass is 328 g/mol. The number of amides is 1. The molecule has 22 heavy (non-hydrogen) atoms. The average molecular weight is 328 g/mol. The van der Waals surface area contributed by atoms with Crippen molar-refractivity contribution in [1.29, 1.82) is 0 Å². The summed E-state index contributed by atoms with van der Waals surface area (Å²) in [6, 6.07) is 10.1. The zero-order valence-corrected chi connectivity index (χ0v) is 13.9. The molecule has 0 aliphatic carbocycles. The Labute approximate surface area is 140 Å². The molecule has 0 saturated carbocycles. The van der Waals surface area contributed by atoms with E-state index >= 15 is 0 Å². The number of carbonyl (C=O) groups excluding carboxylic acids is 1. The van der Waals surface area contributed by atoms with Crippen molar-refractivity contribution < 1.29 is 4.79 Å². The van der Waals surface area contributed by atoms with Crippen LogP contribution in [0.3, 0.4) is 0 Å². The number of thiocarbonyl (C=S) groups is 1. The number of hydrogen-bond acceptors (Lipinski definition) is 4. The second kappa shape index (κ2) is 6.50. The van der Waals surface area contributed by atoms with Gasteiger partial charge in [-0.3, -0.25) is 9.69 Å². The van der Waals surface area contributed by atoms with Gasteiger partial charge in [-0.05, 0) is 24.1 Å². The predicted octanol–water partition coefficient (Wildman–Crippen LogP) is 3.32. The average Bonchev–Trinajstić information content (AvgIpc) is 2.81. The standard InChI is InChI=1S/C17H16N2OS2/c1-18-11-6-5-9-14(18)15-16(20)19(17(21)22-15)12-10-13-7-3-2-4-8-13/h2-9,11H,10,12H2,1H3. The Bertz CT molecular complexity index is 692. The maximum Gasteiger partial charge on any atom is 0.268 e. The van der Waals surface area contributed by atoms with Gasteiger partial charge in [0, 0.05) is 19.8 Å². The third-order valence-corrected chi connectivity index (χ3v) is 5.06. The number of hydrogen-bond donors (Lipinski definition) is 0. The third-order valence-electron chi connectivity index (χ3n) is 3.60. The fourth-order valence-corrected chi connectivity index (χ4v) is 3.79. The molecule has 112 valence electrons. The second-order valence-corrected chi connectivity index (χ2v) is 6.73. The van der Waals surface area contributed by atoms with E-state index in [0.717, 1.165) is 12.1 Å². The molecule has 2 aliphatic heterocycles. The van der Waals surface area contributed by atoms with Crippen LogP contribution >= 0.6 is 24.0 Å². The minimum absolute atomic E-state index is 0.00716. The van der Waals surface area contributed by atoms with Crippen LogP contribution in [0.25, 0.3) is 0 Å². The van der Waals surface area contributed by atoms with E-state index in [1.54, 1.807) is 4.90 Å². The first kappa shape index (κ1) is 15.1. The molecule has 1 amide bonds. The largest absolute Gasteiger partial charge is 0.350 e. The normalized spacial score (nSPS) is 21.1. The van der Waals surface area contributed by atoms with Crippen LogP contribution in [0.1, 0.15) is 5.56 Å². The SMILES string of the molecule is CN1C=CC=CC1=C1SC(=S)N(CCc2ccccc2)C1=O. The molecule has 1 aromatic rings. The summed E-state index contributed by atoms with van der Waals surface area (Å²) < 4.78 is 0.639. The number of likely N-dealkylation sites (N-methyl/N-ethyl adjacent to an activating group) is 1. The van der Waals surface area contributed by atoms with E-state index in [9.17, 15) is 4.79 Å². The lowest BCUT2D eigenvalue weighted by atomic mass is 10.1. The molecule has 0 unspecified atom stereocenters. The smallest absolute Gasteiger partial charge is 0.268 e. The topological polar surface area (TPSA) is 23.6 Å². The Kier molecular flexibility index (Phi) is 4.45. The molecule has 5 heteroatoms. The maximum absolute atomic E-state index is 12.7. The predicted molar refractivity (Wildman–Crippen MR) is 95.1 cm³/mol. The van der Waals surface area contributed by atoms with Crippen molar-refractivity contribution >= 4 is 34.2 Å². The molecule has 0 aromatic heterocycles. The van der Waals surface area contributed by atoms with Crippen LogP contribution in [0.15, 0.2) is 65.4 Å². The van der Waals surface area contributed by atoms with Gasteiger partial charge in [0.15, 0.2) is 0 Å². The van der Waals surface area contributed by atoms with Gasteiger partial charge >= 0.3 is 0 Å². The van der Waals surface area contributed by atoms with E-state index in [1.807, 2.05) is 54.6 Å². The summed E-state index contributed by atoms with van der Waals surface area (Å²) in [5.74, 6) is 0.00716. The van der Waals surface area contributed by atoms with E-state index in [4.69, 9.17) is 12.2 Å². The summed E-state index contributed by atoms with van der Waals surface area (Å²) in [4.78, 5) is 17.0. The molecule has 1 saturated heterocycles. The van der Waals surface area contributed by atoms with Gasteiger partial charge in [-0.25, -0.2) is 0 Å². The van der Waals surface area contributed by atoms with E-state index in [-0.39, 0.29) is 5.91 Å². The first-order valence-electron chi connectivity index (χ1n) is 7.06. The first-order valence-corrected chi connectivity index (χ1v) is 8.29. The lowest BCUT2D eigenvalue weighted by Crippen LogP contribution is -2.30. The molecule has 3 rings (SSSR count). The summed E-state index contributed by atoms with van der Waals surface area (Å²) in [6.45, 7) is 0.620. The van der Waals surface area contributed by atoms with Gasteiger partial charge in [-0.15, -0.1) is 0 Å². The summed E-state index contributed by atoms with van der Waals surface area (Å²) in [5, 5.41) is 0. The molecule has 2 heterocycles. The van der Waals surface area contributed by atoms with Crippen molar-refractivity contribution in [2.75, 3.05) is 13.6 Å². The van der Waals surface area contributed by atoms with Gasteiger partial charge in [0.25, 0.3) is 5.91 Å².